The van der Waals surface area contributed by atoms with Crippen LogP contribution in [-0.4, -0.2) is 24.7 Å². The first-order valence-electron chi connectivity index (χ1n) is 9.17. The molecule has 4 aromatic rings. The van der Waals surface area contributed by atoms with Crippen molar-refractivity contribution in [1.29, 1.82) is 0 Å². The number of nitrogens with zero attached hydrogens (tertiary/aromatic N) is 4. The number of benzene rings is 1. The van der Waals surface area contributed by atoms with Crippen LogP contribution in [0.25, 0.3) is 33.4 Å². The van der Waals surface area contributed by atoms with Gasteiger partial charge in [0.25, 0.3) is 0 Å². The van der Waals surface area contributed by atoms with Crippen LogP contribution in [0.15, 0.2) is 42.9 Å². The molecular weight excluding hydrogens is 334 g/mol. The summed E-state index contributed by atoms with van der Waals surface area (Å²) < 4.78 is 1.83. The number of hydrogen-bond acceptors (Lipinski definition) is 3. The molecule has 5 heteroatoms. The van der Waals surface area contributed by atoms with Gasteiger partial charge in [-0.2, -0.15) is 9.78 Å². The number of aromatic nitrogens is 5. The fourth-order valence-corrected chi connectivity index (χ4v) is 3.48. The minimum absolute atomic E-state index is 0.559. The van der Waals surface area contributed by atoms with Gasteiger partial charge < -0.3 is 4.98 Å². The molecular formula is C22H19N5. The van der Waals surface area contributed by atoms with Crippen LogP contribution in [0.4, 0.5) is 0 Å². The summed E-state index contributed by atoms with van der Waals surface area (Å²) in [6.45, 7) is 4.13. The van der Waals surface area contributed by atoms with E-state index < -0.39 is 0 Å². The first-order chi connectivity index (χ1) is 13.2. The van der Waals surface area contributed by atoms with Crippen LogP contribution in [-0.2, 0) is 0 Å². The van der Waals surface area contributed by atoms with Crippen molar-refractivity contribution in [2.45, 2.75) is 26.7 Å². The Bertz CT molecular complexity index is 1210. The van der Waals surface area contributed by atoms with Crippen molar-refractivity contribution in [2.24, 2.45) is 5.92 Å². The van der Waals surface area contributed by atoms with E-state index in [0.29, 0.717) is 5.92 Å². The summed E-state index contributed by atoms with van der Waals surface area (Å²) in [6, 6.07) is 13.7. The Labute approximate surface area is 157 Å². The van der Waals surface area contributed by atoms with Crippen molar-refractivity contribution in [3.05, 3.63) is 54.2 Å². The lowest BCUT2D eigenvalue weighted by Crippen LogP contribution is -1.94. The number of aromatic amines is 1. The number of aryl methyl sites for hydroxylation is 1. The molecule has 3 aromatic heterocycles. The number of nitrogens with one attached hydrogen (secondary N) is 1. The second kappa shape index (κ2) is 6.10. The van der Waals surface area contributed by atoms with E-state index in [0.717, 1.165) is 44.8 Å². The van der Waals surface area contributed by atoms with E-state index in [-0.39, 0.29) is 0 Å². The van der Waals surface area contributed by atoms with Gasteiger partial charge in [0, 0.05) is 29.3 Å². The Hall–Kier alpha value is -3.39. The first kappa shape index (κ1) is 15.8. The maximum absolute atomic E-state index is 4.65. The number of hydrogen-bond donors (Lipinski definition) is 1. The summed E-state index contributed by atoms with van der Waals surface area (Å²) in [4.78, 5) is 11.8. The normalized spacial score (nSPS) is 13.6. The largest absolute Gasteiger partial charge is 0.343 e. The van der Waals surface area contributed by atoms with Crippen LogP contribution < -0.4 is 0 Å². The summed E-state index contributed by atoms with van der Waals surface area (Å²) in [5.41, 5.74) is 8.27. The molecule has 132 valence electrons. The van der Waals surface area contributed by atoms with Gasteiger partial charge in [-0.25, -0.2) is 9.97 Å². The Morgan fingerprint density at radius 2 is 1.96 bits per heavy atom. The van der Waals surface area contributed by atoms with Gasteiger partial charge in [0.05, 0.1) is 23.2 Å². The Morgan fingerprint density at radius 3 is 2.81 bits per heavy atom. The summed E-state index contributed by atoms with van der Waals surface area (Å²) in [7, 11) is 0. The zero-order valence-corrected chi connectivity index (χ0v) is 15.3. The van der Waals surface area contributed by atoms with Crippen LogP contribution in [0.5, 0.6) is 0 Å². The molecule has 1 N–H and O–H groups in total. The molecule has 0 amide bonds. The number of imidazole rings is 1. The van der Waals surface area contributed by atoms with Crippen molar-refractivity contribution in [3.8, 4) is 34.2 Å². The molecule has 1 aliphatic rings. The van der Waals surface area contributed by atoms with Gasteiger partial charge in [0.15, 0.2) is 5.65 Å². The van der Waals surface area contributed by atoms with E-state index in [1.54, 1.807) is 12.5 Å². The van der Waals surface area contributed by atoms with Gasteiger partial charge in [-0.05, 0) is 49.9 Å². The number of fused-ring (bicyclic) bond motifs is 1. The van der Waals surface area contributed by atoms with Crippen LogP contribution >= 0.6 is 0 Å². The van der Waals surface area contributed by atoms with Gasteiger partial charge in [-0.1, -0.05) is 24.1 Å². The average Bonchev–Trinajstić information content (AvgIpc) is 3.30. The van der Waals surface area contributed by atoms with Crippen LogP contribution in [0.3, 0.4) is 0 Å². The maximum atomic E-state index is 4.65. The fourth-order valence-electron chi connectivity index (χ4n) is 3.48. The van der Waals surface area contributed by atoms with Crippen molar-refractivity contribution < 1.29 is 0 Å². The molecule has 5 nitrogen and oxygen atoms in total. The standard InChI is InChI=1S/C22H19N5/c1-14-20(15(2)27(26-14)11-9-16-6-7-16)18-5-3-4-17(12-18)19-8-10-23-22-21(19)24-13-25-22/h3-5,8,10,12-13,16H,6-7H2,1-2H3,(H,23,24,25). The monoisotopic (exact) mass is 353 g/mol. The highest BCUT2D eigenvalue weighted by Gasteiger charge is 2.19. The van der Waals surface area contributed by atoms with E-state index >= 15 is 0 Å². The van der Waals surface area contributed by atoms with Crippen LogP contribution in [0.2, 0.25) is 0 Å². The average molecular weight is 353 g/mol. The first-order valence-corrected chi connectivity index (χ1v) is 9.17. The molecule has 1 fully saturated rings. The summed E-state index contributed by atoms with van der Waals surface area (Å²) in [5, 5.41) is 4.65. The number of rotatable bonds is 2. The second-order valence-corrected chi connectivity index (χ2v) is 7.03. The van der Waals surface area contributed by atoms with Gasteiger partial charge in [-0.3, -0.25) is 0 Å². The molecule has 0 bridgehead atoms. The van der Waals surface area contributed by atoms with Crippen LogP contribution in [0.1, 0.15) is 24.2 Å². The Morgan fingerprint density at radius 1 is 1.11 bits per heavy atom. The zero-order valence-electron chi connectivity index (χ0n) is 15.3. The molecule has 0 aliphatic heterocycles. The quantitative estimate of drug-likeness (QED) is 0.546. The SMILES string of the molecule is Cc1nn(C#CC2CC2)c(C)c1-c1cccc(-c2ccnc3nc[nH]c23)c1. The summed E-state index contributed by atoms with van der Waals surface area (Å²) >= 11 is 0. The Balaban J connectivity index is 1.61. The van der Waals surface area contributed by atoms with Gasteiger partial charge in [0.2, 0.25) is 0 Å². The molecule has 27 heavy (non-hydrogen) atoms. The summed E-state index contributed by atoms with van der Waals surface area (Å²) in [6.07, 6.45) is 5.92. The van der Waals surface area contributed by atoms with E-state index in [1.165, 1.54) is 12.8 Å². The van der Waals surface area contributed by atoms with Crippen LogP contribution in [0, 0.1) is 31.7 Å². The van der Waals surface area contributed by atoms with E-state index in [4.69, 9.17) is 0 Å². The predicted octanol–water partition coefficient (Wildman–Crippen LogP) is 4.32. The molecule has 1 aromatic carbocycles. The number of pyridine rings is 1. The molecule has 0 atom stereocenters. The molecule has 0 spiro atoms. The molecule has 0 radical (unpaired) electrons. The maximum Gasteiger partial charge on any atom is 0.178 e. The van der Waals surface area contributed by atoms with Crippen molar-refractivity contribution in [2.75, 3.05) is 0 Å². The number of H-pyrrole nitrogens is 1. The highest BCUT2D eigenvalue weighted by Crippen LogP contribution is 2.32. The minimum atomic E-state index is 0.559. The third-order valence-electron chi connectivity index (χ3n) is 5.03. The molecule has 3 heterocycles. The molecule has 5 rings (SSSR count). The molecule has 0 unspecified atom stereocenters. The van der Waals surface area contributed by atoms with Gasteiger partial charge in [0.1, 0.15) is 0 Å². The third kappa shape index (κ3) is 2.80. The van der Waals surface area contributed by atoms with E-state index in [2.05, 4.69) is 63.2 Å². The van der Waals surface area contributed by atoms with Gasteiger partial charge >= 0.3 is 0 Å². The summed E-state index contributed by atoms with van der Waals surface area (Å²) in [5.74, 6) is 3.85. The van der Waals surface area contributed by atoms with E-state index in [9.17, 15) is 0 Å². The molecule has 1 saturated carbocycles. The highest BCUT2D eigenvalue weighted by atomic mass is 15.3. The Kier molecular flexibility index (Phi) is 3.58. The zero-order chi connectivity index (χ0) is 18.4. The highest BCUT2D eigenvalue weighted by molar-refractivity contribution is 5.90. The minimum Gasteiger partial charge on any atom is -0.343 e. The van der Waals surface area contributed by atoms with Crippen molar-refractivity contribution in [3.63, 3.8) is 0 Å². The fraction of sp³-hybridized carbons (Fsp3) is 0.227. The lowest BCUT2D eigenvalue weighted by atomic mass is 9.98. The third-order valence-corrected chi connectivity index (χ3v) is 5.03. The molecule has 1 aliphatic carbocycles. The van der Waals surface area contributed by atoms with Crippen molar-refractivity contribution in [1.82, 2.24) is 24.7 Å². The smallest absolute Gasteiger partial charge is 0.178 e. The topological polar surface area (TPSA) is 59.4 Å². The molecule has 0 saturated heterocycles. The van der Waals surface area contributed by atoms with Crippen molar-refractivity contribution >= 4 is 11.2 Å². The second-order valence-electron chi connectivity index (χ2n) is 7.03. The lowest BCUT2D eigenvalue weighted by molar-refractivity contribution is 0.861. The predicted molar refractivity (Wildman–Crippen MR) is 106 cm³/mol. The lowest BCUT2D eigenvalue weighted by Gasteiger charge is -2.07. The van der Waals surface area contributed by atoms with Gasteiger partial charge in [-0.15, -0.1) is 0 Å². The van der Waals surface area contributed by atoms with E-state index in [1.807, 2.05) is 17.7 Å².